The van der Waals surface area contributed by atoms with Gasteiger partial charge in [0.05, 0.1) is 21.8 Å². The van der Waals surface area contributed by atoms with Crippen molar-refractivity contribution in [1.82, 2.24) is 9.97 Å². The maximum absolute atomic E-state index is 12.6. The lowest BCUT2D eigenvalue weighted by atomic mass is 10.0. The van der Waals surface area contributed by atoms with E-state index in [0.29, 0.717) is 17.1 Å². The van der Waals surface area contributed by atoms with E-state index in [0.717, 1.165) is 34.5 Å². The van der Waals surface area contributed by atoms with Crippen LogP contribution in [0.5, 0.6) is 0 Å². The molecule has 6 nitrogen and oxygen atoms in total. The Balaban J connectivity index is 1.60. The average molecular weight is 349 g/mol. The van der Waals surface area contributed by atoms with E-state index in [1.54, 1.807) is 30.2 Å². The molecular weight excluding hydrogens is 334 g/mol. The van der Waals surface area contributed by atoms with Gasteiger partial charge in [-0.2, -0.15) is 0 Å². The van der Waals surface area contributed by atoms with Crippen molar-refractivity contribution in [2.75, 3.05) is 17.6 Å². The third-order valence-corrected chi connectivity index (χ3v) is 4.84. The summed E-state index contributed by atoms with van der Waals surface area (Å²) in [6.07, 6.45) is 6.08. The minimum atomic E-state index is -0.279. The first-order valence-corrected chi connectivity index (χ1v) is 8.67. The molecule has 3 N–H and O–H groups in total. The smallest absolute Gasteiger partial charge is 0.274 e. The number of nitrogens with two attached hydrogens (primary N) is 1. The van der Waals surface area contributed by atoms with Gasteiger partial charge in [0.1, 0.15) is 5.69 Å². The summed E-state index contributed by atoms with van der Waals surface area (Å²) < 4.78 is 0. The van der Waals surface area contributed by atoms with Gasteiger partial charge in [-0.3, -0.25) is 19.8 Å². The summed E-state index contributed by atoms with van der Waals surface area (Å²) >= 11 is 1.53. The number of aliphatic imine (C=N–C) groups is 1. The molecule has 1 amide bonds. The molecule has 0 bridgehead atoms. The Hall–Kier alpha value is -3.06. The summed E-state index contributed by atoms with van der Waals surface area (Å²) in [5.74, 6) is -0.279. The maximum Gasteiger partial charge on any atom is 0.274 e. The lowest BCUT2D eigenvalue weighted by Crippen LogP contribution is -2.16. The van der Waals surface area contributed by atoms with Crippen LogP contribution in [0.4, 0.5) is 11.4 Å². The zero-order valence-corrected chi connectivity index (χ0v) is 14.1. The molecule has 0 radical (unpaired) electrons. The van der Waals surface area contributed by atoms with Gasteiger partial charge in [-0.1, -0.05) is 6.07 Å². The SMILES string of the molecule is Nc1ccc(-c2cncs2)cc1NC(=O)c1cc2c(cn1)C=NCC2. The molecule has 0 saturated carbocycles. The van der Waals surface area contributed by atoms with Gasteiger partial charge in [0.2, 0.25) is 0 Å². The predicted octanol–water partition coefficient (Wildman–Crippen LogP) is 3.01. The number of pyridine rings is 1. The van der Waals surface area contributed by atoms with Gasteiger partial charge in [0.15, 0.2) is 0 Å². The first kappa shape index (κ1) is 15.5. The van der Waals surface area contributed by atoms with E-state index in [1.807, 2.05) is 18.2 Å². The Morgan fingerprint density at radius 2 is 2.16 bits per heavy atom. The van der Waals surface area contributed by atoms with Crippen LogP contribution in [0, 0.1) is 0 Å². The Morgan fingerprint density at radius 3 is 3.00 bits per heavy atom. The third kappa shape index (κ3) is 3.14. The second kappa shape index (κ2) is 6.45. The second-order valence-corrected chi connectivity index (χ2v) is 6.56. The van der Waals surface area contributed by atoms with Crippen LogP contribution in [0.1, 0.15) is 21.6 Å². The summed E-state index contributed by atoms with van der Waals surface area (Å²) in [7, 11) is 0. The molecule has 0 fully saturated rings. The highest BCUT2D eigenvalue weighted by Crippen LogP contribution is 2.29. The second-order valence-electron chi connectivity index (χ2n) is 5.68. The molecule has 3 heterocycles. The first-order chi connectivity index (χ1) is 12.2. The molecule has 1 aliphatic rings. The van der Waals surface area contributed by atoms with E-state index in [1.165, 1.54) is 11.3 Å². The van der Waals surface area contributed by atoms with E-state index in [2.05, 4.69) is 20.3 Å². The van der Waals surface area contributed by atoms with Crippen molar-refractivity contribution in [3.63, 3.8) is 0 Å². The molecule has 7 heteroatoms. The van der Waals surface area contributed by atoms with Crippen molar-refractivity contribution in [2.45, 2.75) is 6.42 Å². The van der Waals surface area contributed by atoms with Crippen LogP contribution in [-0.2, 0) is 6.42 Å². The molecule has 0 saturated heterocycles. The zero-order valence-electron chi connectivity index (χ0n) is 13.3. The Morgan fingerprint density at radius 1 is 1.24 bits per heavy atom. The highest BCUT2D eigenvalue weighted by molar-refractivity contribution is 7.13. The van der Waals surface area contributed by atoms with Crippen LogP contribution in [0.15, 0.2) is 47.2 Å². The number of hydrogen-bond acceptors (Lipinski definition) is 6. The molecule has 0 atom stereocenters. The molecule has 1 aromatic carbocycles. The van der Waals surface area contributed by atoms with Gasteiger partial charge < -0.3 is 11.1 Å². The number of thiazole rings is 1. The average Bonchev–Trinajstić information content (AvgIpc) is 3.18. The van der Waals surface area contributed by atoms with Gasteiger partial charge in [-0.15, -0.1) is 11.3 Å². The van der Waals surface area contributed by atoms with Crippen LogP contribution in [0.25, 0.3) is 10.4 Å². The van der Waals surface area contributed by atoms with E-state index in [-0.39, 0.29) is 5.91 Å². The number of nitrogens with zero attached hydrogens (tertiary/aromatic N) is 3. The fourth-order valence-corrected chi connectivity index (χ4v) is 3.29. The fourth-order valence-electron chi connectivity index (χ4n) is 2.67. The standard InChI is InChI=1S/C18H15N5OS/c19-14-2-1-12(17-9-21-10-25-17)6-15(14)23-18(24)16-5-11-3-4-20-7-13(11)8-22-16/h1-2,5-10H,3-4,19H2,(H,23,24). The molecule has 124 valence electrons. The number of aromatic nitrogens is 2. The molecular formula is C18H15N5OS. The number of nitrogens with one attached hydrogen (secondary N) is 1. The van der Waals surface area contributed by atoms with Crippen LogP contribution in [-0.4, -0.2) is 28.6 Å². The quantitative estimate of drug-likeness (QED) is 0.711. The van der Waals surface area contributed by atoms with E-state index < -0.39 is 0 Å². The van der Waals surface area contributed by atoms with Gasteiger partial charge in [-0.05, 0) is 35.7 Å². The minimum Gasteiger partial charge on any atom is -0.397 e. The molecule has 4 rings (SSSR count). The highest BCUT2D eigenvalue weighted by Gasteiger charge is 2.14. The number of carbonyl (C=O) groups excluding carboxylic acids is 1. The number of fused-ring (bicyclic) bond motifs is 1. The van der Waals surface area contributed by atoms with Crippen molar-refractivity contribution in [1.29, 1.82) is 0 Å². The van der Waals surface area contributed by atoms with Crippen molar-refractivity contribution >= 4 is 34.8 Å². The largest absolute Gasteiger partial charge is 0.397 e. The monoisotopic (exact) mass is 349 g/mol. The van der Waals surface area contributed by atoms with Crippen molar-refractivity contribution in [3.8, 4) is 10.4 Å². The Kier molecular flexibility index (Phi) is 3.99. The van der Waals surface area contributed by atoms with Crippen LogP contribution < -0.4 is 11.1 Å². The summed E-state index contributed by atoms with van der Waals surface area (Å²) in [4.78, 5) is 26.1. The number of carbonyl (C=O) groups is 1. The molecule has 3 aromatic rings. The lowest BCUT2D eigenvalue weighted by Gasteiger charge is -2.12. The Bertz CT molecular complexity index is 966. The Labute approximate surface area is 148 Å². The predicted molar refractivity (Wildman–Crippen MR) is 100 cm³/mol. The number of hydrogen-bond donors (Lipinski definition) is 2. The van der Waals surface area contributed by atoms with Crippen molar-refractivity contribution in [2.24, 2.45) is 4.99 Å². The van der Waals surface area contributed by atoms with Crippen LogP contribution in [0.3, 0.4) is 0 Å². The molecule has 25 heavy (non-hydrogen) atoms. The third-order valence-electron chi connectivity index (χ3n) is 4.02. The molecule has 1 aliphatic heterocycles. The van der Waals surface area contributed by atoms with Crippen molar-refractivity contribution < 1.29 is 4.79 Å². The van der Waals surface area contributed by atoms with E-state index >= 15 is 0 Å². The summed E-state index contributed by atoms with van der Waals surface area (Å²) in [6.45, 7) is 0.738. The van der Waals surface area contributed by atoms with Gasteiger partial charge in [-0.25, -0.2) is 0 Å². The molecule has 0 aliphatic carbocycles. The highest BCUT2D eigenvalue weighted by atomic mass is 32.1. The van der Waals surface area contributed by atoms with Gasteiger partial charge in [0, 0.05) is 30.7 Å². The molecule has 2 aromatic heterocycles. The summed E-state index contributed by atoms with van der Waals surface area (Å²) in [5, 5.41) is 2.86. The van der Waals surface area contributed by atoms with Crippen molar-refractivity contribution in [3.05, 3.63) is 59.0 Å². The van der Waals surface area contributed by atoms with E-state index in [9.17, 15) is 4.79 Å². The topological polar surface area (TPSA) is 93.3 Å². The summed E-state index contributed by atoms with van der Waals surface area (Å²) in [6, 6.07) is 7.36. The van der Waals surface area contributed by atoms with Crippen LogP contribution >= 0.6 is 11.3 Å². The number of benzene rings is 1. The van der Waals surface area contributed by atoms with Gasteiger partial charge >= 0.3 is 0 Å². The van der Waals surface area contributed by atoms with E-state index in [4.69, 9.17) is 5.73 Å². The number of rotatable bonds is 3. The number of nitrogen functional groups attached to an aromatic ring is 1. The van der Waals surface area contributed by atoms with Crippen LogP contribution in [0.2, 0.25) is 0 Å². The first-order valence-electron chi connectivity index (χ1n) is 7.79. The molecule has 0 unspecified atom stereocenters. The van der Waals surface area contributed by atoms with Gasteiger partial charge in [0.25, 0.3) is 5.91 Å². The number of anilines is 2. The minimum absolute atomic E-state index is 0.279. The number of amides is 1. The molecule has 0 spiro atoms. The normalized spacial score (nSPS) is 12.6. The fraction of sp³-hybridized carbons (Fsp3) is 0.111. The lowest BCUT2D eigenvalue weighted by molar-refractivity contribution is 0.102. The zero-order chi connectivity index (χ0) is 17.2. The maximum atomic E-state index is 12.6. The summed E-state index contributed by atoms with van der Waals surface area (Å²) in [5.41, 5.74) is 12.2.